The Kier molecular flexibility index (Phi) is 5.71. The molecule has 27 heavy (non-hydrogen) atoms. The maximum atomic E-state index is 12.6. The molecule has 1 aromatic heterocycles. The molecule has 1 N–H and O–H groups in total. The molecule has 140 valence electrons. The van der Waals surface area contributed by atoms with Gasteiger partial charge in [0.15, 0.2) is 18.1 Å². The molecule has 0 spiro atoms. The van der Waals surface area contributed by atoms with E-state index in [2.05, 4.69) is 10.3 Å². The van der Waals surface area contributed by atoms with E-state index in [9.17, 15) is 9.59 Å². The van der Waals surface area contributed by atoms with Gasteiger partial charge in [0.1, 0.15) is 11.3 Å². The lowest BCUT2D eigenvalue weighted by atomic mass is 10.2. The van der Waals surface area contributed by atoms with Crippen molar-refractivity contribution in [2.45, 2.75) is 26.4 Å². The van der Waals surface area contributed by atoms with E-state index in [1.807, 2.05) is 13.0 Å². The monoisotopic (exact) mass is 368 g/mol. The van der Waals surface area contributed by atoms with Crippen molar-refractivity contribution >= 4 is 28.7 Å². The van der Waals surface area contributed by atoms with Crippen LogP contribution in [0.3, 0.4) is 0 Å². The Labute approximate surface area is 156 Å². The molecule has 0 bridgehead atoms. The van der Waals surface area contributed by atoms with Gasteiger partial charge < -0.3 is 19.2 Å². The fourth-order valence-electron chi connectivity index (χ4n) is 2.63. The van der Waals surface area contributed by atoms with Crippen molar-refractivity contribution in [3.05, 3.63) is 54.4 Å². The molecular weight excluding hydrogens is 348 g/mol. The minimum atomic E-state index is -0.950. The lowest BCUT2D eigenvalue weighted by Crippen LogP contribution is -2.32. The minimum Gasteiger partial charge on any atom is -0.492 e. The molecule has 7 nitrogen and oxygen atoms in total. The highest BCUT2D eigenvalue weighted by Gasteiger charge is 2.24. The number of carbonyl (C=O) groups is 2. The number of hydrogen-bond acceptors (Lipinski definition) is 6. The summed E-state index contributed by atoms with van der Waals surface area (Å²) in [4.78, 5) is 29.2. The molecule has 3 aromatic rings. The third-order valence-corrected chi connectivity index (χ3v) is 3.94. The normalized spacial score (nSPS) is 11.8. The summed E-state index contributed by atoms with van der Waals surface area (Å²) in [5.74, 6) is -0.498. The van der Waals surface area contributed by atoms with Gasteiger partial charge in [0.25, 0.3) is 5.91 Å². The largest absolute Gasteiger partial charge is 0.492 e. The number of aromatic nitrogens is 1. The van der Waals surface area contributed by atoms with Gasteiger partial charge in [-0.05, 0) is 37.6 Å². The first-order valence-corrected chi connectivity index (χ1v) is 8.70. The van der Waals surface area contributed by atoms with Gasteiger partial charge in [-0.3, -0.25) is 4.79 Å². The lowest BCUT2D eigenvalue weighted by Gasteiger charge is -2.17. The summed E-state index contributed by atoms with van der Waals surface area (Å²) in [6, 6.07) is 12.1. The molecule has 0 radical (unpaired) electrons. The van der Waals surface area contributed by atoms with Crippen LogP contribution in [0.1, 0.15) is 30.6 Å². The third kappa shape index (κ3) is 4.08. The summed E-state index contributed by atoms with van der Waals surface area (Å²) >= 11 is 0. The van der Waals surface area contributed by atoms with Crippen molar-refractivity contribution in [2.24, 2.45) is 0 Å². The SMILES string of the molecule is CCOc1ccccc1NC(=O)C(CC)OC(=O)c1cccc2ocnc12. The zero-order chi connectivity index (χ0) is 19.2. The maximum absolute atomic E-state index is 12.6. The predicted octanol–water partition coefficient (Wildman–Crippen LogP) is 3.80. The number of para-hydroxylation sites is 3. The van der Waals surface area contributed by atoms with E-state index in [-0.39, 0.29) is 5.56 Å². The number of hydrogen-bond donors (Lipinski definition) is 1. The topological polar surface area (TPSA) is 90.7 Å². The second-order valence-electron chi connectivity index (χ2n) is 5.73. The molecule has 1 unspecified atom stereocenters. The zero-order valence-electron chi connectivity index (χ0n) is 15.1. The first-order chi connectivity index (χ1) is 13.1. The van der Waals surface area contributed by atoms with Crippen LogP contribution >= 0.6 is 0 Å². The molecule has 1 heterocycles. The van der Waals surface area contributed by atoms with Gasteiger partial charge in [-0.2, -0.15) is 0 Å². The third-order valence-electron chi connectivity index (χ3n) is 3.94. The highest BCUT2D eigenvalue weighted by molar-refractivity contribution is 6.03. The number of nitrogens with one attached hydrogen (secondary N) is 1. The number of anilines is 1. The number of rotatable bonds is 7. The van der Waals surface area contributed by atoms with Crippen molar-refractivity contribution in [2.75, 3.05) is 11.9 Å². The second-order valence-corrected chi connectivity index (χ2v) is 5.73. The fourth-order valence-corrected chi connectivity index (χ4v) is 2.63. The van der Waals surface area contributed by atoms with E-state index < -0.39 is 18.0 Å². The van der Waals surface area contributed by atoms with Crippen LogP contribution in [-0.4, -0.2) is 29.6 Å². The molecule has 7 heteroatoms. The van der Waals surface area contributed by atoms with Crippen LogP contribution in [0.25, 0.3) is 11.1 Å². The summed E-state index contributed by atoms with van der Waals surface area (Å²) in [6.07, 6.45) is 0.633. The number of amides is 1. The number of benzene rings is 2. The predicted molar refractivity (Wildman–Crippen MR) is 99.7 cm³/mol. The molecule has 0 saturated heterocycles. The van der Waals surface area contributed by atoms with Crippen LogP contribution in [0.5, 0.6) is 5.75 Å². The Morgan fingerprint density at radius 1 is 1.15 bits per heavy atom. The number of carbonyl (C=O) groups excluding carboxylic acids is 2. The van der Waals surface area contributed by atoms with Crippen molar-refractivity contribution in [3.8, 4) is 5.75 Å². The highest BCUT2D eigenvalue weighted by Crippen LogP contribution is 2.24. The molecule has 2 aromatic carbocycles. The van der Waals surface area contributed by atoms with Crippen LogP contribution in [0.4, 0.5) is 5.69 Å². The Balaban J connectivity index is 1.74. The van der Waals surface area contributed by atoms with Crippen molar-refractivity contribution in [1.82, 2.24) is 4.98 Å². The molecule has 0 fully saturated rings. The summed E-state index contributed by atoms with van der Waals surface area (Å²) < 4.78 is 16.1. The van der Waals surface area contributed by atoms with Gasteiger partial charge in [0, 0.05) is 0 Å². The van der Waals surface area contributed by atoms with E-state index in [1.54, 1.807) is 43.3 Å². The van der Waals surface area contributed by atoms with Crippen molar-refractivity contribution in [1.29, 1.82) is 0 Å². The van der Waals surface area contributed by atoms with Crippen LogP contribution in [0.2, 0.25) is 0 Å². The first-order valence-electron chi connectivity index (χ1n) is 8.70. The molecule has 0 saturated carbocycles. The van der Waals surface area contributed by atoms with Crippen LogP contribution in [0.15, 0.2) is 53.3 Å². The van der Waals surface area contributed by atoms with Gasteiger partial charge >= 0.3 is 5.97 Å². The molecule has 0 aliphatic rings. The molecule has 1 atom stereocenters. The molecule has 1 amide bonds. The molecule has 0 aliphatic heterocycles. The molecular formula is C20H20N2O5. The van der Waals surface area contributed by atoms with E-state index >= 15 is 0 Å². The summed E-state index contributed by atoms with van der Waals surface area (Å²) in [7, 11) is 0. The van der Waals surface area contributed by atoms with Gasteiger partial charge in [-0.25, -0.2) is 9.78 Å². The number of esters is 1. The van der Waals surface area contributed by atoms with E-state index in [0.29, 0.717) is 35.6 Å². The van der Waals surface area contributed by atoms with Crippen LogP contribution in [0, 0.1) is 0 Å². The highest BCUT2D eigenvalue weighted by atomic mass is 16.5. The second kappa shape index (κ2) is 8.35. The number of oxazole rings is 1. The zero-order valence-corrected chi connectivity index (χ0v) is 15.1. The Bertz CT molecular complexity index is 950. The van der Waals surface area contributed by atoms with Crippen molar-refractivity contribution < 1.29 is 23.5 Å². The van der Waals surface area contributed by atoms with E-state index in [4.69, 9.17) is 13.9 Å². The number of nitrogens with zero attached hydrogens (tertiary/aromatic N) is 1. The quantitative estimate of drug-likeness (QED) is 0.638. The van der Waals surface area contributed by atoms with Gasteiger partial charge in [0.2, 0.25) is 0 Å². The van der Waals surface area contributed by atoms with Crippen LogP contribution < -0.4 is 10.1 Å². The number of fused-ring (bicyclic) bond motifs is 1. The summed E-state index contributed by atoms with van der Waals surface area (Å²) in [6.45, 7) is 4.10. The first kappa shape index (κ1) is 18.4. The lowest BCUT2D eigenvalue weighted by molar-refractivity contribution is -0.124. The minimum absolute atomic E-state index is 0.252. The Morgan fingerprint density at radius 3 is 2.74 bits per heavy atom. The van der Waals surface area contributed by atoms with Gasteiger partial charge in [-0.1, -0.05) is 25.1 Å². The fraction of sp³-hybridized carbons (Fsp3) is 0.250. The Morgan fingerprint density at radius 2 is 1.96 bits per heavy atom. The summed E-state index contributed by atoms with van der Waals surface area (Å²) in [5.41, 5.74) is 1.66. The van der Waals surface area contributed by atoms with E-state index in [0.717, 1.165) is 0 Å². The standard InChI is InChI=1S/C20H20N2O5/c1-3-15(19(23)22-14-9-5-6-10-16(14)25-4-2)27-20(24)13-8-7-11-17-18(13)21-12-26-17/h5-12,15H,3-4H2,1-2H3,(H,22,23). The Hall–Kier alpha value is -3.35. The van der Waals surface area contributed by atoms with Gasteiger partial charge in [-0.15, -0.1) is 0 Å². The average molecular weight is 368 g/mol. The average Bonchev–Trinajstić information content (AvgIpc) is 3.16. The maximum Gasteiger partial charge on any atom is 0.341 e. The smallest absolute Gasteiger partial charge is 0.341 e. The number of ether oxygens (including phenoxy) is 2. The molecule has 3 rings (SSSR count). The van der Waals surface area contributed by atoms with E-state index in [1.165, 1.54) is 6.39 Å². The van der Waals surface area contributed by atoms with Crippen molar-refractivity contribution in [3.63, 3.8) is 0 Å². The molecule has 0 aliphatic carbocycles. The van der Waals surface area contributed by atoms with Gasteiger partial charge in [0.05, 0.1) is 17.9 Å². The van der Waals surface area contributed by atoms with Crippen LogP contribution in [-0.2, 0) is 9.53 Å². The summed E-state index contributed by atoms with van der Waals surface area (Å²) in [5, 5.41) is 2.76.